The molecule has 0 amide bonds. The van der Waals surface area contributed by atoms with Crippen molar-refractivity contribution in [1.29, 1.82) is 0 Å². The Labute approximate surface area is 179 Å². The van der Waals surface area contributed by atoms with Crippen molar-refractivity contribution in [2.45, 2.75) is 20.8 Å². The molecule has 0 N–H and O–H groups in total. The molecule has 4 rings (SSSR count). The Morgan fingerprint density at radius 2 is 1.23 bits per heavy atom. The Kier molecular flexibility index (Phi) is 6.58. The molecule has 0 spiro atoms. The van der Waals surface area contributed by atoms with Crippen LogP contribution in [0.1, 0.15) is 20.8 Å². The molecule has 10 heteroatoms. The summed E-state index contributed by atoms with van der Waals surface area (Å²) in [7, 11) is -2.96. The quantitative estimate of drug-likeness (QED) is 0.137. The summed E-state index contributed by atoms with van der Waals surface area (Å²) in [5.74, 6) is 0.0966. The van der Waals surface area contributed by atoms with Gasteiger partial charge in [0.1, 0.15) is 11.0 Å². The number of fused-ring (bicyclic) bond motifs is 6. The molecule has 31 heavy (non-hydrogen) atoms. The van der Waals surface area contributed by atoms with Gasteiger partial charge in [0, 0.05) is 10.8 Å². The standard InChI is InChI=1S/C21H23N6O3P/c1-4-28-31(29-5-2,30-6-3)27-26-25-21-22-19-17-13-9-7-11-15(17)16-12-8-10-14-18(16)20(19)23-24-21/h7-14H,4-6H2,1-3H3/b26-25+. The van der Waals surface area contributed by atoms with Crippen molar-refractivity contribution >= 4 is 46.3 Å². The smallest absolute Gasteiger partial charge is 0.302 e. The summed E-state index contributed by atoms with van der Waals surface area (Å²) in [5, 5.41) is 20.6. The predicted octanol–water partition coefficient (Wildman–Crippen LogP) is 6.39. The topological polar surface area (TPSA) is 103 Å². The highest BCUT2D eigenvalue weighted by Crippen LogP contribution is 2.53. The number of benzene rings is 3. The van der Waals surface area contributed by atoms with Crippen LogP contribution in [0.2, 0.25) is 0 Å². The number of aromatic nitrogens is 3. The first-order valence-electron chi connectivity index (χ1n) is 10.1. The van der Waals surface area contributed by atoms with E-state index in [9.17, 15) is 0 Å². The minimum atomic E-state index is -2.96. The number of nitrogens with zero attached hydrogens (tertiary/aromatic N) is 6. The van der Waals surface area contributed by atoms with E-state index in [2.05, 4.69) is 42.5 Å². The molecule has 0 atom stereocenters. The van der Waals surface area contributed by atoms with Gasteiger partial charge in [-0.1, -0.05) is 58.5 Å². The third-order valence-corrected chi connectivity index (χ3v) is 6.54. The average Bonchev–Trinajstić information content (AvgIpc) is 2.80. The molecule has 4 aromatic rings. The average molecular weight is 438 g/mol. The molecule has 1 aromatic heterocycles. The van der Waals surface area contributed by atoms with Crippen LogP contribution in [0, 0.1) is 0 Å². The summed E-state index contributed by atoms with van der Waals surface area (Å²) in [5.41, 5.74) is 1.42. The second-order valence-corrected chi connectivity index (χ2v) is 8.29. The maximum Gasteiger partial charge on any atom is 0.380 e. The van der Waals surface area contributed by atoms with Crippen LogP contribution in [0.5, 0.6) is 0 Å². The van der Waals surface area contributed by atoms with Crippen LogP contribution in [0.4, 0.5) is 5.95 Å². The van der Waals surface area contributed by atoms with E-state index in [1.165, 1.54) is 0 Å². The Hall–Kier alpha value is -2.84. The molecule has 0 radical (unpaired) electrons. The lowest BCUT2D eigenvalue weighted by Gasteiger charge is -2.19. The molecule has 0 fully saturated rings. The van der Waals surface area contributed by atoms with Crippen LogP contribution in [0.15, 0.2) is 63.7 Å². The number of hydrogen-bond donors (Lipinski definition) is 0. The van der Waals surface area contributed by atoms with Crippen LogP contribution in [-0.2, 0) is 13.6 Å². The van der Waals surface area contributed by atoms with Crippen LogP contribution in [0.25, 0.3) is 32.6 Å². The highest BCUT2D eigenvalue weighted by Gasteiger charge is 2.22. The summed E-state index contributed by atoms with van der Waals surface area (Å²) in [6, 6.07) is 16.1. The van der Waals surface area contributed by atoms with Gasteiger partial charge in [-0.25, -0.2) is 4.98 Å². The van der Waals surface area contributed by atoms with Gasteiger partial charge < -0.3 is 13.6 Å². The highest BCUT2D eigenvalue weighted by atomic mass is 31.2. The molecule has 160 valence electrons. The highest BCUT2D eigenvalue weighted by molar-refractivity contribution is 7.51. The van der Waals surface area contributed by atoms with Gasteiger partial charge in [-0.2, -0.15) is 0 Å². The Balaban J connectivity index is 1.83. The van der Waals surface area contributed by atoms with Crippen molar-refractivity contribution in [3.8, 4) is 0 Å². The van der Waals surface area contributed by atoms with Crippen LogP contribution in [-0.4, -0.2) is 35.0 Å². The summed E-state index contributed by atoms with van der Waals surface area (Å²) in [6.45, 7) is 6.64. The molecule has 0 aliphatic carbocycles. The first-order chi connectivity index (χ1) is 15.2. The molecule has 1 heterocycles. The van der Waals surface area contributed by atoms with Gasteiger partial charge in [0.2, 0.25) is 0 Å². The van der Waals surface area contributed by atoms with Gasteiger partial charge in [0.25, 0.3) is 5.95 Å². The third-order valence-electron chi connectivity index (χ3n) is 4.49. The van der Waals surface area contributed by atoms with Gasteiger partial charge in [-0.05, 0) is 36.8 Å². The lowest BCUT2D eigenvalue weighted by atomic mass is 10.00. The summed E-state index contributed by atoms with van der Waals surface area (Å²) < 4.78 is 16.8. The van der Waals surface area contributed by atoms with Crippen molar-refractivity contribution in [2.24, 2.45) is 15.2 Å². The van der Waals surface area contributed by atoms with Crippen LogP contribution >= 0.6 is 7.74 Å². The van der Waals surface area contributed by atoms with Crippen LogP contribution in [0.3, 0.4) is 0 Å². The van der Waals surface area contributed by atoms with Crippen LogP contribution < -0.4 is 0 Å². The van der Waals surface area contributed by atoms with E-state index in [1.807, 2.05) is 57.2 Å². The Bertz CT molecular complexity index is 1250. The Morgan fingerprint density at radius 3 is 1.77 bits per heavy atom. The molecular weight excluding hydrogens is 415 g/mol. The minimum absolute atomic E-state index is 0.0966. The van der Waals surface area contributed by atoms with Crippen molar-refractivity contribution in [2.75, 3.05) is 19.8 Å². The minimum Gasteiger partial charge on any atom is -0.302 e. The third kappa shape index (κ3) is 4.31. The summed E-state index contributed by atoms with van der Waals surface area (Å²) in [4.78, 5) is 8.71. The first kappa shape index (κ1) is 21.4. The van der Waals surface area contributed by atoms with Gasteiger partial charge in [-0.15, -0.1) is 10.2 Å². The molecular formula is C21H23N6O3P. The van der Waals surface area contributed by atoms with Gasteiger partial charge >= 0.3 is 7.74 Å². The van der Waals surface area contributed by atoms with Crippen molar-refractivity contribution < 1.29 is 13.6 Å². The molecule has 0 aliphatic rings. The lowest BCUT2D eigenvalue weighted by molar-refractivity contribution is 0.162. The molecule has 3 aromatic carbocycles. The SMILES string of the molecule is CCOP(=N/N=N/c1nnc2c3ccccc3c3ccccc3c2n1)(OCC)OCC. The second kappa shape index (κ2) is 9.53. The molecule has 9 nitrogen and oxygen atoms in total. The van der Waals surface area contributed by atoms with E-state index in [0.717, 1.165) is 21.5 Å². The molecule has 0 bridgehead atoms. The molecule has 0 saturated carbocycles. The van der Waals surface area contributed by atoms with Crippen molar-refractivity contribution in [1.82, 2.24) is 15.2 Å². The molecule has 0 saturated heterocycles. The van der Waals surface area contributed by atoms with E-state index in [4.69, 9.17) is 13.6 Å². The van der Waals surface area contributed by atoms with Gasteiger partial charge in [-0.3, -0.25) is 0 Å². The fourth-order valence-corrected chi connectivity index (χ4v) is 4.86. The number of hydrogen-bond acceptors (Lipinski definition) is 7. The maximum atomic E-state index is 5.61. The zero-order chi connectivity index (χ0) is 21.7. The van der Waals surface area contributed by atoms with Crippen molar-refractivity contribution in [3.05, 3.63) is 48.5 Å². The zero-order valence-corrected chi connectivity index (χ0v) is 18.5. The fourth-order valence-electron chi connectivity index (χ4n) is 3.37. The molecule has 0 aliphatic heterocycles. The van der Waals surface area contributed by atoms with Crippen molar-refractivity contribution in [3.63, 3.8) is 0 Å². The van der Waals surface area contributed by atoms with Gasteiger partial charge in [0.05, 0.1) is 19.8 Å². The second-order valence-electron chi connectivity index (χ2n) is 6.40. The first-order valence-corrected chi connectivity index (χ1v) is 11.6. The van der Waals surface area contributed by atoms with E-state index in [1.54, 1.807) is 0 Å². The zero-order valence-electron chi connectivity index (χ0n) is 17.6. The number of rotatable bonds is 8. The summed E-state index contributed by atoms with van der Waals surface area (Å²) >= 11 is 0. The largest absolute Gasteiger partial charge is 0.380 e. The van der Waals surface area contributed by atoms with E-state index >= 15 is 0 Å². The fraction of sp³-hybridized carbons (Fsp3) is 0.286. The van der Waals surface area contributed by atoms with E-state index in [-0.39, 0.29) is 5.95 Å². The lowest BCUT2D eigenvalue weighted by Crippen LogP contribution is -2.00. The monoisotopic (exact) mass is 438 g/mol. The van der Waals surface area contributed by atoms with E-state index < -0.39 is 7.74 Å². The predicted molar refractivity (Wildman–Crippen MR) is 121 cm³/mol. The summed E-state index contributed by atoms with van der Waals surface area (Å²) in [6.07, 6.45) is 0. The maximum absolute atomic E-state index is 5.61. The molecule has 0 unspecified atom stereocenters. The Morgan fingerprint density at radius 1 is 0.710 bits per heavy atom. The van der Waals surface area contributed by atoms with E-state index in [0.29, 0.717) is 30.9 Å². The normalized spacial score (nSPS) is 12.4. The van der Waals surface area contributed by atoms with Gasteiger partial charge in [0.15, 0.2) is 0 Å².